The third kappa shape index (κ3) is 3.84. The van der Waals surface area contributed by atoms with E-state index < -0.39 is 63.5 Å². The van der Waals surface area contributed by atoms with Crippen molar-refractivity contribution in [2.24, 2.45) is 22.2 Å². The van der Waals surface area contributed by atoms with Crippen LogP contribution in [0.1, 0.15) is 72.0 Å². The average molecular weight is 583 g/mol. The van der Waals surface area contributed by atoms with Crippen LogP contribution in [0, 0.1) is 22.2 Å². The molecule has 0 radical (unpaired) electrons. The molecule has 2 fully saturated rings. The Balaban J connectivity index is 1.76. The quantitative estimate of drug-likeness (QED) is 0.228. The first-order valence-corrected chi connectivity index (χ1v) is 14.2. The number of cyclic esters (lactones) is 1. The van der Waals surface area contributed by atoms with Crippen molar-refractivity contribution in [1.29, 1.82) is 0 Å². The van der Waals surface area contributed by atoms with Crippen LogP contribution in [0.4, 0.5) is 0 Å². The predicted molar refractivity (Wildman–Crippen MR) is 147 cm³/mol. The number of Topliss-reactive ketones (excluding diaryl/α,β-unsaturated/α-hetero) is 1. The van der Waals surface area contributed by atoms with Crippen LogP contribution in [0.15, 0.2) is 58.5 Å². The fourth-order valence-corrected chi connectivity index (χ4v) is 8.07. The lowest BCUT2D eigenvalue weighted by Crippen LogP contribution is -2.72. The van der Waals surface area contributed by atoms with E-state index in [-0.39, 0.29) is 37.0 Å². The van der Waals surface area contributed by atoms with Crippen LogP contribution < -0.4 is 0 Å². The van der Waals surface area contributed by atoms with E-state index in [9.17, 15) is 29.4 Å². The monoisotopic (exact) mass is 582 g/mol. The number of carbonyl (C=O) groups excluding carboxylic acids is 4. The Labute approximate surface area is 244 Å². The van der Waals surface area contributed by atoms with Gasteiger partial charge in [0.05, 0.1) is 31.5 Å². The second-order valence-corrected chi connectivity index (χ2v) is 12.8. The summed E-state index contributed by atoms with van der Waals surface area (Å²) in [6.07, 6.45) is 6.39. The number of methoxy groups -OCH3 is 1. The van der Waals surface area contributed by atoms with Crippen molar-refractivity contribution in [3.8, 4) is 0 Å². The molecule has 10 heteroatoms. The minimum Gasteiger partial charge on any atom is -0.472 e. The molecule has 2 saturated carbocycles. The van der Waals surface area contributed by atoms with Crippen molar-refractivity contribution in [2.45, 2.75) is 83.7 Å². The van der Waals surface area contributed by atoms with Crippen LogP contribution in [0.3, 0.4) is 0 Å². The van der Waals surface area contributed by atoms with Crippen molar-refractivity contribution in [1.82, 2.24) is 0 Å². The number of hydrogen-bond donors (Lipinski definition) is 2. The van der Waals surface area contributed by atoms with Gasteiger partial charge in [-0.1, -0.05) is 19.9 Å². The third-order valence-corrected chi connectivity index (χ3v) is 10.8. The topological polar surface area (TPSA) is 150 Å². The van der Waals surface area contributed by atoms with Gasteiger partial charge in [-0.15, -0.1) is 0 Å². The van der Waals surface area contributed by atoms with Gasteiger partial charge in [0, 0.05) is 34.5 Å². The third-order valence-electron chi connectivity index (χ3n) is 10.8. The standard InChI is InChI=1S/C32H38O10/c1-7-18(2)27(36)41-23-8-10-31(37)21-15-25(35)42-26(19-9-13-40-17-19)28(21,3)11-12-32(31,38)30(5)20(14-24(34)39-6)29(23,4)16-22(30)33/h7-10,13,15,17,20,23,26,37-38H,11-12,14,16H2,1-6H3/b10-8?,18-7+/t20-,23+,26-,28+,29-,30-,31-,32-/m0/s1. The summed E-state index contributed by atoms with van der Waals surface area (Å²) in [7, 11) is 1.23. The van der Waals surface area contributed by atoms with Gasteiger partial charge in [0.1, 0.15) is 29.2 Å². The fourth-order valence-electron chi connectivity index (χ4n) is 8.07. The molecule has 1 aromatic rings. The van der Waals surface area contributed by atoms with E-state index in [4.69, 9.17) is 18.6 Å². The minimum atomic E-state index is -2.29. The van der Waals surface area contributed by atoms with E-state index >= 15 is 0 Å². The maximum atomic E-state index is 14.2. The van der Waals surface area contributed by atoms with Gasteiger partial charge >= 0.3 is 17.9 Å². The number of fused-ring (bicyclic) bond motifs is 6. The maximum Gasteiger partial charge on any atom is 0.333 e. The lowest BCUT2D eigenvalue weighted by Gasteiger charge is -2.62. The van der Waals surface area contributed by atoms with Crippen LogP contribution in [-0.2, 0) is 33.4 Å². The first-order chi connectivity index (χ1) is 19.6. The molecule has 4 aliphatic rings. The zero-order chi connectivity index (χ0) is 30.9. The molecule has 0 amide bonds. The number of ether oxygens (including phenoxy) is 3. The van der Waals surface area contributed by atoms with Crippen molar-refractivity contribution in [3.05, 3.63) is 59.6 Å². The number of furan rings is 1. The Kier molecular flexibility index (Phi) is 6.97. The molecule has 5 rings (SSSR count). The van der Waals surface area contributed by atoms with Crippen molar-refractivity contribution in [3.63, 3.8) is 0 Å². The highest BCUT2D eigenvalue weighted by molar-refractivity contribution is 5.93. The Hall–Kier alpha value is -3.50. The summed E-state index contributed by atoms with van der Waals surface area (Å²) in [5.41, 5.74) is -7.19. The molecule has 1 aromatic heterocycles. The van der Waals surface area contributed by atoms with Crippen LogP contribution in [-0.4, -0.2) is 58.3 Å². The van der Waals surface area contributed by atoms with Gasteiger partial charge in [0.25, 0.3) is 0 Å². The zero-order valence-corrected chi connectivity index (χ0v) is 24.8. The smallest absolute Gasteiger partial charge is 0.333 e. The van der Waals surface area contributed by atoms with Gasteiger partial charge in [0.15, 0.2) is 0 Å². The molecular formula is C32H38O10. The van der Waals surface area contributed by atoms with Gasteiger partial charge in [0.2, 0.25) is 0 Å². The molecule has 0 aromatic carbocycles. The van der Waals surface area contributed by atoms with Gasteiger partial charge in [-0.2, -0.15) is 0 Å². The zero-order valence-electron chi connectivity index (χ0n) is 24.8. The number of esters is 3. The van der Waals surface area contributed by atoms with Crippen LogP contribution in [0.2, 0.25) is 0 Å². The van der Waals surface area contributed by atoms with Crippen LogP contribution in [0.5, 0.6) is 0 Å². The summed E-state index contributed by atoms with van der Waals surface area (Å²) in [6, 6.07) is 1.67. The van der Waals surface area contributed by atoms with Crippen molar-refractivity contribution >= 4 is 23.7 Å². The number of rotatable bonds is 5. The molecule has 10 nitrogen and oxygen atoms in total. The molecule has 3 aliphatic carbocycles. The first kappa shape index (κ1) is 30.0. The molecule has 2 bridgehead atoms. The van der Waals surface area contributed by atoms with Gasteiger partial charge in [-0.3, -0.25) is 9.59 Å². The molecule has 8 atom stereocenters. The van der Waals surface area contributed by atoms with E-state index in [1.54, 1.807) is 39.8 Å². The number of hydrogen-bond acceptors (Lipinski definition) is 10. The lowest BCUT2D eigenvalue weighted by atomic mass is 9.45. The van der Waals surface area contributed by atoms with Crippen LogP contribution >= 0.6 is 0 Å². The normalized spacial score (nSPS) is 41.1. The summed E-state index contributed by atoms with van der Waals surface area (Å²) in [4.78, 5) is 53.1. The number of allylic oxidation sites excluding steroid dienone is 1. The molecule has 2 heterocycles. The fraction of sp³-hybridized carbons (Fsp3) is 0.562. The highest BCUT2D eigenvalue weighted by atomic mass is 16.6. The number of aliphatic hydroxyl groups is 2. The van der Waals surface area contributed by atoms with Crippen LogP contribution in [0.25, 0.3) is 0 Å². The SMILES string of the molecule is C/C=C(\C)C(=O)O[C@@H]1C=C[C@]2(O)C3=CC(=O)O[C@@H](c4ccoc4)[C@]3(C)CC[C@]2(O)[C@]2(C)C(=O)C[C@@]1(C)[C@@H]2CC(=O)OC. The second-order valence-electron chi connectivity index (χ2n) is 12.8. The Bertz CT molecular complexity index is 1420. The summed E-state index contributed by atoms with van der Waals surface area (Å²) in [5, 5.41) is 25.6. The molecule has 0 spiro atoms. The number of carbonyl (C=O) groups is 4. The lowest BCUT2D eigenvalue weighted by molar-refractivity contribution is -0.229. The average Bonchev–Trinajstić information content (AvgIpc) is 3.56. The minimum absolute atomic E-state index is 0.0638. The first-order valence-electron chi connectivity index (χ1n) is 14.2. The summed E-state index contributed by atoms with van der Waals surface area (Å²) < 4.78 is 22.0. The second kappa shape index (κ2) is 9.77. The van der Waals surface area contributed by atoms with Gasteiger partial charge in [-0.25, -0.2) is 9.59 Å². The molecule has 0 saturated heterocycles. The highest BCUT2D eigenvalue weighted by Gasteiger charge is 2.77. The molecule has 226 valence electrons. The van der Waals surface area contributed by atoms with Crippen molar-refractivity contribution in [2.75, 3.05) is 7.11 Å². The van der Waals surface area contributed by atoms with Gasteiger partial charge < -0.3 is 28.8 Å². The predicted octanol–water partition coefficient (Wildman–Crippen LogP) is 3.68. The molecule has 42 heavy (non-hydrogen) atoms. The molecular weight excluding hydrogens is 544 g/mol. The summed E-state index contributed by atoms with van der Waals surface area (Å²) in [6.45, 7) is 8.44. The summed E-state index contributed by atoms with van der Waals surface area (Å²) >= 11 is 0. The number of ketones is 1. The highest BCUT2D eigenvalue weighted by Crippen LogP contribution is 2.69. The molecule has 2 N–H and O–H groups in total. The Morgan fingerprint density at radius 1 is 1.17 bits per heavy atom. The summed E-state index contributed by atoms with van der Waals surface area (Å²) in [5.74, 6) is -3.25. The Morgan fingerprint density at radius 2 is 1.88 bits per heavy atom. The molecule has 0 unspecified atom stereocenters. The van der Waals surface area contributed by atoms with E-state index in [1.165, 1.54) is 37.9 Å². The molecule has 1 aliphatic heterocycles. The largest absolute Gasteiger partial charge is 0.472 e. The van der Waals surface area contributed by atoms with E-state index in [0.29, 0.717) is 11.1 Å². The van der Waals surface area contributed by atoms with E-state index in [0.717, 1.165) is 0 Å². The van der Waals surface area contributed by atoms with E-state index in [2.05, 4.69) is 0 Å². The van der Waals surface area contributed by atoms with Crippen molar-refractivity contribution < 1.29 is 48.0 Å². The Morgan fingerprint density at radius 3 is 2.50 bits per heavy atom. The van der Waals surface area contributed by atoms with Gasteiger partial charge in [-0.05, 0) is 63.3 Å². The van der Waals surface area contributed by atoms with E-state index in [1.807, 2.05) is 6.92 Å². The maximum absolute atomic E-state index is 14.2.